The summed E-state index contributed by atoms with van der Waals surface area (Å²) in [6.07, 6.45) is 10.3. The lowest BCUT2D eigenvalue weighted by atomic mass is 9.34. The van der Waals surface area contributed by atoms with Crippen LogP contribution in [0.25, 0.3) is 0 Å². The third-order valence-electron chi connectivity index (χ3n) is 11.9. The Hall–Kier alpha value is -2.02. The molecule has 5 fully saturated rings. The lowest BCUT2D eigenvalue weighted by Gasteiger charge is -2.74. The van der Waals surface area contributed by atoms with Gasteiger partial charge in [0.2, 0.25) is 0 Å². The standard InChI is InChI=1S/C31H40NO5/c1-32(17-20-6-7-20)13-12-30-26-21-8-9-24(33-2)27(26)37-28(30)31(34-3)11-10-29(30,25(32)15-21)16-22(31)18-35-19-23-5-4-14-36-23/h4-5,8-9,14,20,22,25,28H,6-7,10-13,15-19H2,1-3H3/q+1/t22-,25-,28-,29-,30+,31-,32-/m1/s1. The number of nitrogens with zero attached hydrogens (tertiary/aromatic N) is 1. The highest BCUT2D eigenvalue weighted by atomic mass is 16.6. The molecule has 3 heterocycles. The molecule has 5 aliphatic carbocycles. The van der Waals surface area contributed by atoms with Crippen molar-refractivity contribution in [2.45, 2.75) is 74.7 Å². The predicted molar refractivity (Wildman–Crippen MR) is 138 cm³/mol. The minimum Gasteiger partial charge on any atom is -0.493 e. The number of likely N-dealkylation sites (N-methyl/N-ethyl adjacent to an activating group) is 1. The van der Waals surface area contributed by atoms with Crippen molar-refractivity contribution < 1.29 is 27.8 Å². The van der Waals surface area contributed by atoms with Gasteiger partial charge >= 0.3 is 0 Å². The van der Waals surface area contributed by atoms with Crippen molar-refractivity contribution in [1.29, 1.82) is 0 Å². The van der Waals surface area contributed by atoms with Crippen LogP contribution in [0.1, 0.15) is 55.4 Å². The largest absolute Gasteiger partial charge is 0.493 e. The van der Waals surface area contributed by atoms with Crippen molar-refractivity contribution in [3.05, 3.63) is 47.4 Å². The molecule has 1 aromatic heterocycles. The van der Waals surface area contributed by atoms with Crippen LogP contribution in [0.15, 0.2) is 34.9 Å². The number of benzene rings is 1. The quantitative estimate of drug-likeness (QED) is 0.478. The number of likely N-dealkylation sites (tertiary alicyclic amines) is 1. The molecule has 1 saturated heterocycles. The number of fused-ring (bicyclic) bond motifs is 2. The van der Waals surface area contributed by atoms with E-state index in [1.165, 1.54) is 54.4 Å². The molecule has 7 atom stereocenters. The maximum absolute atomic E-state index is 7.14. The van der Waals surface area contributed by atoms with Gasteiger partial charge in [-0.15, -0.1) is 0 Å². The molecule has 4 saturated carbocycles. The number of quaternary nitrogens is 1. The summed E-state index contributed by atoms with van der Waals surface area (Å²) in [6.45, 7) is 3.75. The maximum Gasteiger partial charge on any atom is 0.165 e. The van der Waals surface area contributed by atoms with Crippen LogP contribution in [-0.2, 0) is 27.9 Å². The van der Waals surface area contributed by atoms with Crippen molar-refractivity contribution in [2.24, 2.45) is 17.3 Å². The molecule has 4 bridgehead atoms. The van der Waals surface area contributed by atoms with E-state index < -0.39 is 0 Å². The van der Waals surface area contributed by atoms with E-state index in [1.54, 1.807) is 13.4 Å². The first kappa shape index (κ1) is 22.9. The summed E-state index contributed by atoms with van der Waals surface area (Å²) in [7, 11) is 6.27. The van der Waals surface area contributed by atoms with Crippen molar-refractivity contribution in [3.63, 3.8) is 0 Å². The second kappa shape index (κ2) is 7.55. The first-order valence-corrected chi connectivity index (χ1v) is 14.4. The predicted octanol–water partition coefficient (Wildman–Crippen LogP) is 4.87. The molecule has 2 spiro atoms. The topological polar surface area (TPSA) is 50.1 Å². The van der Waals surface area contributed by atoms with Crippen molar-refractivity contribution in [2.75, 3.05) is 41.0 Å². The van der Waals surface area contributed by atoms with E-state index in [1.807, 2.05) is 19.2 Å². The third-order valence-corrected chi connectivity index (χ3v) is 11.9. The number of methoxy groups -OCH3 is 2. The van der Waals surface area contributed by atoms with E-state index in [4.69, 9.17) is 23.4 Å². The Morgan fingerprint density at radius 2 is 2.00 bits per heavy atom. The second-order valence-corrected chi connectivity index (χ2v) is 13.2. The smallest absolute Gasteiger partial charge is 0.165 e. The van der Waals surface area contributed by atoms with Gasteiger partial charge in [0.1, 0.15) is 24.1 Å². The number of hydrogen-bond acceptors (Lipinski definition) is 5. The van der Waals surface area contributed by atoms with Crippen LogP contribution in [0.2, 0.25) is 0 Å². The second-order valence-electron chi connectivity index (χ2n) is 13.2. The lowest BCUT2D eigenvalue weighted by molar-refractivity contribution is -0.952. The van der Waals surface area contributed by atoms with Crippen molar-refractivity contribution in [1.82, 2.24) is 0 Å². The van der Waals surface area contributed by atoms with Gasteiger partial charge in [0.05, 0.1) is 51.6 Å². The van der Waals surface area contributed by atoms with E-state index in [9.17, 15) is 0 Å². The van der Waals surface area contributed by atoms with Gasteiger partial charge in [-0.25, -0.2) is 0 Å². The Balaban J connectivity index is 1.26. The normalized spacial score (nSPS) is 42.4. The number of rotatable bonds is 8. The van der Waals surface area contributed by atoms with Gasteiger partial charge < -0.3 is 27.8 Å². The Morgan fingerprint density at radius 3 is 2.76 bits per heavy atom. The molecular weight excluding hydrogens is 466 g/mol. The molecule has 2 aromatic rings. The zero-order valence-electron chi connectivity index (χ0n) is 22.5. The van der Waals surface area contributed by atoms with Gasteiger partial charge in [0.25, 0.3) is 0 Å². The molecule has 0 N–H and O–H groups in total. The van der Waals surface area contributed by atoms with E-state index >= 15 is 0 Å². The highest BCUT2D eigenvalue weighted by Crippen LogP contribution is 2.77. The summed E-state index contributed by atoms with van der Waals surface area (Å²) < 4.78 is 32.8. The molecule has 0 amide bonds. The van der Waals surface area contributed by atoms with Gasteiger partial charge in [0.15, 0.2) is 11.5 Å². The average Bonchev–Trinajstić information content (AvgIpc) is 3.40. The first-order chi connectivity index (χ1) is 18.0. The fourth-order valence-corrected chi connectivity index (χ4v) is 10.3. The number of furan rings is 1. The molecule has 7 aliphatic rings. The van der Waals surface area contributed by atoms with Crippen LogP contribution in [-0.4, -0.2) is 63.2 Å². The van der Waals surface area contributed by atoms with Gasteiger partial charge in [0, 0.05) is 42.8 Å². The van der Waals surface area contributed by atoms with Crippen LogP contribution in [0, 0.1) is 17.3 Å². The van der Waals surface area contributed by atoms with Gasteiger partial charge in [-0.1, -0.05) is 6.07 Å². The molecule has 37 heavy (non-hydrogen) atoms. The minimum atomic E-state index is -0.356. The summed E-state index contributed by atoms with van der Waals surface area (Å²) in [6, 6.07) is 9.03. The molecule has 1 aromatic carbocycles. The van der Waals surface area contributed by atoms with Crippen LogP contribution in [0.5, 0.6) is 11.5 Å². The average molecular weight is 507 g/mol. The van der Waals surface area contributed by atoms with Crippen molar-refractivity contribution in [3.8, 4) is 11.5 Å². The molecule has 6 nitrogen and oxygen atoms in total. The van der Waals surface area contributed by atoms with Gasteiger partial charge in [-0.3, -0.25) is 0 Å². The zero-order chi connectivity index (χ0) is 25.0. The summed E-state index contributed by atoms with van der Waals surface area (Å²) >= 11 is 0. The summed E-state index contributed by atoms with van der Waals surface area (Å²) in [5.41, 5.74) is 2.82. The maximum atomic E-state index is 7.14. The van der Waals surface area contributed by atoms with Crippen LogP contribution in [0.3, 0.4) is 0 Å². The summed E-state index contributed by atoms with van der Waals surface area (Å²) in [4.78, 5) is 0. The molecule has 0 radical (unpaired) electrons. The number of hydrogen-bond donors (Lipinski definition) is 0. The van der Waals surface area contributed by atoms with E-state index in [0.29, 0.717) is 19.3 Å². The SMILES string of the molecule is COc1ccc2c3c1O[C@H]1[C@@]4(OC)CC[C@@]5(C[C@@H]4COCc4ccco4)[C@@H](C2)[N@@+](C)(CC2CC2)CC[C@]315. The van der Waals surface area contributed by atoms with E-state index in [0.717, 1.165) is 42.4 Å². The first-order valence-electron chi connectivity index (χ1n) is 14.4. The molecule has 0 unspecified atom stereocenters. The number of ether oxygens (including phenoxy) is 4. The lowest BCUT2D eigenvalue weighted by Crippen LogP contribution is -2.83. The van der Waals surface area contributed by atoms with Crippen molar-refractivity contribution >= 4 is 0 Å². The van der Waals surface area contributed by atoms with Gasteiger partial charge in [-0.05, 0) is 55.9 Å². The Morgan fingerprint density at radius 1 is 1.11 bits per heavy atom. The highest BCUT2D eigenvalue weighted by Gasteiger charge is 2.83. The van der Waals surface area contributed by atoms with E-state index in [2.05, 4.69) is 19.2 Å². The molecule has 9 rings (SSSR count). The molecule has 6 heteroatoms. The molecule has 198 valence electrons. The van der Waals surface area contributed by atoms with Crippen LogP contribution >= 0.6 is 0 Å². The Labute approximate surface area is 219 Å². The number of piperidine rings is 1. The Kier molecular flexibility index (Phi) is 4.67. The fraction of sp³-hybridized carbons (Fsp3) is 0.677. The Bertz CT molecular complexity index is 1220. The monoisotopic (exact) mass is 506 g/mol. The third kappa shape index (κ3) is 2.72. The molecular formula is C31H40NO5+. The van der Waals surface area contributed by atoms with Gasteiger partial charge in [-0.2, -0.15) is 0 Å². The van der Waals surface area contributed by atoms with Crippen LogP contribution in [0.4, 0.5) is 0 Å². The van der Waals surface area contributed by atoms with E-state index in [-0.39, 0.29) is 28.5 Å². The summed E-state index contributed by atoms with van der Waals surface area (Å²) in [5, 5.41) is 0. The summed E-state index contributed by atoms with van der Waals surface area (Å²) in [5.74, 6) is 3.97. The van der Waals surface area contributed by atoms with Crippen LogP contribution < -0.4 is 9.47 Å². The fourth-order valence-electron chi connectivity index (χ4n) is 10.3. The highest BCUT2D eigenvalue weighted by molar-refractivity contribution is 5.63. The zero-order valence-corrected chi connectivity index (χ0v) is 22.5. The minimum absolute atomic E-state index is 0.00219. The molecule has 2 aliphatic heterocycles.